The Morgan fingerprint density at radius 1 is 1.41 bits per heavy atom. The molecule has 4 N–H and O–H groups in total. The predicted molar refractivity (Wildman–Crippen MR) is 113 cm³/mol. The van der Waals surface area contributed by atoms with Gasteiger partial charge in [0.2, 0.25) is 11.9 Å². The van der Waals surface area contributed by atoms with Crippen LogP contribution in [-0.2, 0) is 19.2 Å². The topological polar surface area (TPSA) is 188 Å². The largest absolute Gasteiger partial charge is 0.477 e. The molecule has 0 bridgehead atoms. The van der Waals surface area contributed by atoms with Gasteiger partial charge in [0, 0.05) is 36.5 Å². The van der Waals surface area contributed by atoms with Crippen LogP contribution in [0.25, 0.3) is 0 Å². The van der Waals surface area contributed by atoms with Crippen LogP contribution in [0.5, 0.6) is 0 Å². The molecule has 0 saturated carbocycles. The highest BCUT2D eigenvalue weighted by Gasteiger charge is 2.54. The van der Waals surface area contributed by atoms with Crippen molar-refractivity contribution in [2.24, 2.45) is 5.18 Å². The smallest absolute Gasteiger partial charge is 0.352 e. The fourth-order valence-electron chi connectivity index (χ4n) is 3.64. The Labute approximate surface area is 188 Å². The fraction of sp³-hybridized carbons (Fsp3) is 0.412. The lowest BCUT2D eigenvalue weighted by Crippen LogP contribution is -2.70. The molecule has 1 unspecified atom stereocenters. The van der Waals surface area contributed by atoms with E-state index in [2.05, 4.69) is 19.9 Å². The zero-order chi connectivity index (χ0) is 23.2. The molecule has 0 aliphatic carbocycles. The summed E-state index contributed by atoms with van der Waals surface area (Å²) in [6.07, 6.45) is 2.02. The molecule has 15 heteroatoms. The van der Waals surface area contributed by atoms with Gasteiger partial charge in [-0.05, 0) is 23.2 Å². The number of nitroso groups, excluding NO2 is 1. The van der Waals surface area contributed by atoms with E-state index in [0.717, 1.165) is 16.4 Å². The normalized spacial score (nSPS) is 25.0. The molecule has 4 rings (SSSR count). The van der Waals surface area contributed by atoms with Crippen molar-refractivity contribution in [2.45, 2.75) is 23.9 Å². The number of nitrogens with two attached hydrogens (primary N) is 1. The van der Waals surface area contributed by atoms with E-state index in [4.69, 9.17) is 5.73 Å². The van der Waals surface area contributed by atoms with Gasteiger partial charge in [0.15, 0.2) is 11.0 Å². The first-order chi connectivity index (χ1) is 15.2. The molecule has 3 aliphatic heterocycles. The number of β-lactam (4-membered cyclic amide) rings is 1. The lowest BCUT2D eigenvalue weighted by Gasteiger charge is -2.49. The standard InChI is InChI=1S/C17H17N7O6S2/c1-23-3-2-6(13(23)26)4-7-5-31-15-9(14(27)24(15)10(7)16(28)29)19-12(25)8(21-30)11-20-17(18)32-22-11/h4,8-9,15H,2-3,5H2,1H3,(H,19,25)(H,28,29)(H2,18,20,22)/t8?,9-,15-/m1/s1. The summed E-state index contributed by atoms with van der Waals surface area (Å²) < 4.78 is 3.79. The number of carboxylic acid groups (broad SMARTS) is 1. The number of fused-ring (bicyclic) bond motifs is 1. The SMILES string of the molecule is CN1CCC(=CC2=C(C(=O)O)N3C(=O)[C@@H](NC(=O)C(N=O)c4nsc(N)n4)[C@H]3SC2)C1=O. The first kappa shape index (κ1) is 21.9. The van der Waals surface area contributed by atoms with Crippen molar-refractivity contribution in [3.63, 3.8) is 0 Å². The van der Waals surface area contributed by atoms with Gasteiger partial charge in [0.25, 0.3) is 11.8 Å². The second kappa shape index (κ2) is 8.31. The van der Waals surface area contributed by atoms with Crippen LogP contribution >= 0.6 is 23.3 Å². The number of nitrogen functional groups attached to an aromatic ring is 1. The molecule has 2 fully saturated rings. The summed E-state index contributed by atoms with van der Waals surface area (Å²) in [6, 6.07) is -2.63. The average molecular weight is 480 g/mol. The second-order valence-corrected chi connectivity index (χ2v) is 9.11. The number of carboxylic acids is 1. The number of aliphatic carboxylic acids is 1. The van der Waals surface area contributed by atoms with E-state index in [1.807, 2.05) is 0 Å². The minimum Gasteiger partial charge on any atom is -0.477 e. The number of rotatable bonds is 6. The Morgan fingerprint density at radius 2 is 2.16 bits per heavy atom. The van der Waals surface area contributed by atoms with Gasteiger partial charge in [0.1, 0.15) is 17.1 Å². The first-order valence-corrected chi connectivity index (χ1v) is 11.1. The van der Waals surface area contributed by atoms with Gasteiger partial charge in [0.05, 0.1) is 0 Å². The Hall–Kier alpha value is -3.33. The van der Waals surface area contributed by atoms with Crippen molar-refractivity contribution in [1.29, 1.82) is 0 Å². The summed E-state index contributed by atoms with van der Waals surface area (Å²) in [5, 5.41) is 14.3. The highest BCUT2D eigenvalue weighted by atomic mass is 32.2. The Morgan fingerprint density at radius 3 is 2.72 bits per heavy atom. The number of nitrogens with one attached hydrogen (secondary N) is 1. The second-order valence-electron chi connectivity index (χ2n) is 7.22. The van der Waals surface area contributed by atoms with E-state index < -0.39 is 35.2 Å². The number of carbonyl (C=O) groups excluding carboxylic acids is 3. The van der Waals surface area contributed by atoms with Crippen LogP contribution < -0.4 is 11.1 Å². The van der Waals surface area contributed by atoms with Crippen LogP contribution in [0, 0.1) is 4.91 Å². The lowest BCUT2D eigenvalue weighted by atomic mass is 10.0. The maximum Gasteiger partial charge on any atom is 0.352 e. The van der Waals surface area contributed by atoms with Crippen LogP contribution in [-0.4, -0.2) is 78.7 Å². The number of aromatic nitrogens is 2. The summed E-state index contributed by atoms with van der Waals surface area (Å²) >= 11 is 2.04. The van der Waals surface area contributed by atoms with Crippen molar-refractivity contribution in [2.75, 3.05) is 25.1 Å². The minimum absolute atomic E-state index is 0.0556. The van der Waals surface area contributed by atoms with Crippen LogP contribution in [0.2, 0.25) is 0 Å². The number of nitrogens with zero attached hydrogens (tertiary/aromatic N) is 5. The molecule has 3 amide bonds. The van der Waals surface area contributed by atoms with Crippen molar-refractivity contribution >= 4 is 52.1 Å². The maximum absolute atomic E-state index is 12.7. The molecule has 3 atom stereocenters. The van der Waals surface area contributed by atoms with E-state index in [1.165, 1.54) is 22.7 Å². The number of hydrogen-bond acceptors (Lipinski definition) is 11. The molecule has 1 aromatic heterocycles. The Bertz CT molecular complexity index is 1100. The Kier molecular flexibility index (Phi) is 5.68. The fourth-order valence-corrected chi connectivity index (χ4v) is 5.41. The zero-order valence-electron chi connectivity index (χ0n) is 16.5. The molecule has 2 saturated heterocycles. The van der Waals surface area contributed by atoms with Gasteiger partial charge < -0.3 is 21.1 Å². The first-order valence-electron chi connectivity index (χ1n) is 9.32. The molecule has 0 radical (unpaired) electrons. The number of anilines is 1. The van der Waals surface area contributed by atoms with Crippen LogP contribution in [0.4, 0.5) is 5.13 Å². The van der Waals surface area contributed by atoms with Gasteiger partial charge in [-0.25, -0.2) is 9.78 Å². The van der Waals surface area contributed by atoms with Gasteiger partial charge in [-0.2, -0.15) is 4.37 Å². The molecule has 13 nitrogen and oxygen atoms in total. The van der Waals surface area contributed by atoms with E-state index >= 15 is 0 Å². The average Bonchev–Trinajstić information content (AvgIpc) is 3.32. The number of amides is 3. The lowest BCUT2D eigenvalue weighted by molar-refractivity contribution is -0.150. The summed E-state index contributed by atoms with van der Waals surface area (Å²) in [7, 11) is 1.66. The number of allylic oxidation sites excluding steroid dienone is 1. The third-order valence-corrected chi connectivity index (χ3v) is 7.10. The molecule has 4 heterocycles. The highest BCUT2D eigenvalue weighted by molar-refractivity contribution is 8.00. The summed E-state index contributed by atoms with van der Waals surface area (Å²) in [5.74, 6) is -2.97. The molecular weight excluding hydrogens is 462 g/mol. The van der Waals surface area contributed by atoms with Crippen LogP contribution in [0.15, 0.2) is 28.1 Å². The zero-order valence-corrected chi connectivity index (χ0v) is 18.2. The van der Waals surface area contributed by atoms with Gasteiger partial charge in [-0.1, -0.05) is 0 Å². The molecule has 168 valence electrons. The third kappa shape index (κ3) is 3.62. The van der Waals surface area contributed by atoms with Crippen molar-refractivity contribution in [3.8, 4) is 0 Å². The van der Waals surface area contributed by atoms with Gasteiger partial charge >= 0.3 is 5.97 Å². The van der Waals surface area contributed by atoms with E-state index in [-0.39, 0.29) is 28.3 Å². The number of likely N-dealkylation sites (N-methyl/N-ethyl adjacent to an activating group) is 1. The van der Waals surface area contributed by atoms with Crippen molar-refractivity contribution in [3.05, 3.63) is 33.7 Å². The minimum atomic E-state index is -1.58. The molecule has 0 spiro atoms. The van der Waals surface area contributed by atoms with E-state index in [9.17, 15) is 29.2 Å². The molecule has 1 aromatic rings. The summed E-state index contributed by atoms with van der Waals surface area (Å²) in [6.45, 7) is 0.540. The highest BCUT2D eigenvalue weighted by Crippen LogP contribution is 2.41. The summed E-state index contributed by atoms with van der Waals surface area (Å²) in [4.78, 5) is 66.9. The van der Waals surface area contributed by atoms with Crippen LogP contribution in [0.1, 0.15) is 18.3 Å². The maximum atomic E-state index is 12.7. The molecule has 3 aliphatic rings. The molecule has 0 aromatic carbocycles. The molecule has 32 heavy (non-hydrogen) atoms. The number of carbonyl (C=O) groups is 4. The van der Waals surface area contributed by atoms with E-state index in [1.54, 1.807) is 7.05 Å². The van der Waals surface area contributed by atoms with Gasteiger partial charge in [-0.15, -0.1) is 16.7 Å². The number of thioether (sulfide) groups is 1. The van der Waals surface area contributed by atoms with E-state index in [0.29, 0.717) is 24.1 Å². The Balaban J connectivity index is 1.54. The summed E-state index contributed by atoms with van der Waals surface area (Å²) in [5.41, 5.74) is 6.07. The van der Waals surface area contributed by atoms with Crippen molar-refractivity contribution in [1.82, 2.24) is 24.5 Å². The van der Waals surface area contributed by atoms with Crippen molar-refractivity contribution < 1.29 is 24.3 Å². The third-order valence-electron chi connectivity index (χ3n) is 5.24. The number of hydrogen-bond donors (Lipinski definition) is 3. The van der Waals surface area contributed by atoms with Crippen LogP contribution in [0.3, 0.4) is 0 Å². The number of likely N-dealkylation sites (tertiary alicyclic amines) is 1. The monoisotopic (exact) mass is 479 g/mol. The molecular formula is C17H17N7O6S2. The van der Waals surface area contributed by atoms with Gasteiger partial charge in [-0.3, -0.25) is 19.3 Å². The quantitative estimate of drug-likeness (QED) is 0.271. The predicted octanol–water partition coefficient (Wildman–Crippen LogP) is -0.545.